The number of alkyl halides is 3. The summed E-state index contributed by atoms with van der Waals surface area (Å²) in [6.45, 7) is 10.3. The second kappa shape index (κ2) is 12.2. The van der Waals surface area contributed by atoms with Crippen LogP contribution in [-0.4, -0.2) is 82.0 Å². The van der Waals surface area contributed by atoms with Crippen molar-refractivity contribution in [2.24, 2.45) is 0 Å². The summed E-state index contributed by atoms with van der Waals surface area (Å²) in [4.78, 5) is 12.7. The number of hydrogen-bond donors (Lipinski definition) is 2. The van der Waals surface area contributed by atoms with Crippen molar-refractivity contribution < 1.29 is 27.0 Å². The van der Waals surface area contributed by atoms with Gasteiger partial charge in [0, 0.05) is 48.0 Å². The number of aromatic nitrogens is 2. The summed E-state index contributed by atoms with van der Waals surface area (Å²) in [5, 5.41) is 6.16. The van der Waals surface area contributed by atoms with E-state index in [1.165, 1.54) is 12.1 Å². The van der Waals surface area contributed by atoms with Crippen LogP contribution in [0.1, 0.15) is 60.8 Å². The Bertz CT molecular complexity index is 1180. The van der Waals surface area contributed by atoms with E-state index in [0.717, 1.165) is 19.0 Å². The molecule has 2 fully saturated rings. The average Bonchev–Trinajstić information content (AvgIpc) is 2.86. The number of nitrogens with one attached hydrogen (secondary N) is 2. The van der Waals surface area contributed by atoms with Gasteiger partial charge >= 0.3 is 6.61 Å². The lowest BCUT2D eigenvalue weighted by atomic mass is 9.77. The van der Waals surface area contributed by atoms with Gasteiger partial charge in [-0.2, -0.15) is 13.8 Å². The van der Waals surface area contributed by atoms with E-state index >= 15 is 0 Å². The Hall–Kier alpha value is -2.86. The Labute approximate surface area is 239 Å². The van der Waals surface area contributed by atoms with E-state index in [1.54, 1.807) is 6.07 Å². The first-order valence-corrected chi connectivity index (χ1v) is 14.1. The van der Waals surface area contributed by atoms with Crippen molar-refractivity contribution in [1.82, 2.24) is 19.8 Å². The average molecular weight is 583 g/mol. The normalized spacial score (nSPS) is 23.5. The molecule has 0 unspecified atom stereocenters. The predicted molar refractivity (Wildman–Crippen MR) is 152 cm³/mol. The highest BCUT2D eigenvalue weighted by Gasteiger charge is 2.43. The number of nitrogens with zero attached hydrogens (tertiary/aromatic N) is 4. The number of rotatable bonds is 9. The van der Waals surface area contributed by atoms with E-state index in [2.05, 4.69) is 60.2 Å². The second-order valence-electron chi connectivity index (χ2n) is 12.5. The van der Waals surface area contributed by atoms with Crippen LogP contribution >= 0.6 is 0 Å². The van der Waals surface area contributed by atoms with Gasteiger partial charge in [0.1, 0.15) is 12.3 Å². The summed E-state index contributed by atoms with van der Waals surface area (Å²) >= 11 is 0. The molecule has 0 saturated carbocycles. The van der Waals surface area contributed by atoms with Crippen molar-refractivity contribution >= 4 is 17.5 Å². The zero-order valence-corrected chi connectivity index (χ0v) is 24.8. The molecule has 8 nitrogen and oxygen atoms in total. The summed E-state index contributed by atoms with van der Waals surface area (Å²) in [5.74, 6) is -0.716. The molecule has 1 aromatic heterocycles. The molecule has 2 aliphatic heterocycles. The molecule has 2 aromatic rings. The van der Waals surface area contributed by atoms with Crippen LogP contribution in [0.15, 0.2) is 24.4 Å². The van der Waals surface area contributed by atoms with Crippen LogP contribution in [0.3, 0.4) is 0 Å². The third-order valence-corrected chi connectivity index (χ3v) is 8.33. The standard InChI is InChI=1S/C29H42F4N6O2/c1-17(2)39-11-10-22(21(31)16-39)40-23-9-8-18(12-24(23)41-26(32)33)36-27-34-15-20(30)25(37-27)35-19-13-28(3,4)38(7)29(5,6)14-19/h8-9,12,15,17,19,21-22,26H,10-11,13-14,16H2,1-7H3,(H2,34,35,36,37)/t21-,22-/m1/s1. The number of benzene rings is 1. The van der Waals surface area contributed by atoms with Crippen molar-refractivity contribution in [3.8, 4) is 11.5 Å². The van der Waals surface area contributed by atoms with Gasteiger partial charge in [0.05, 0.1) is 6.20 Å². The molecule has 1 aromatic carbocycles. The topological polar surface area (TPSA) is 74.8 Å². The Morgan fingerprint density at radius 1 is 1.07 bits per heavy atom. The highest BCUT2D eigenvalue weighted by molar-refractivity contribution is 5.60. The zero-order chi connectivity index (χ0) is 30.1. The van der Waals surface area contributed by atoms with Gasteiger partial charge in [-0.15, -0.1) is 0 Å². The predicted octanol–water partition coefficient (Wildman–Crippen LogP) is 6.22. The molecule has 2 N–H and O–H groups in total. The largest absolute Gasteiger partial charge is 0.483 e. The summed E-state index contributed by atoms with van der Waals surface area (Å²) in [6, 6.07) is 4.48. The smallest absolute Gasteiger partial charge is 0.387 e. The minimum absolute atomic E-state index is 0.0105. The Morgan fingerprint density at radius 2 is 1.76 bits per heavy atom. The number of piperidine rings is 2. The van der Waals surface area contributed by atoms with Gasteiger partial charge < -0.3 is 20.1 Å². The van der Waals surface area contributed by atoms with Gasteiger partial charge in [-0.25, -0.2) is 13.8 Å². The monoisotopic (exact) mass is 582 g/mol. The molecule has 2 aliphatic rings. The maximum atomic E-state index is 14.8. The fraction of sp³-hybridized carbons (Fsp3) is 0.655. The van der Waals surface area contributed by atoms with Crippen LogP contribution in [0, 0.1) is 5.82 Å². The minimum Gasteiger partial charge on any atom is -0.483 e. The van der Waals surface area contributed by atoms with E-state index in [-0.39, 0.29) is 53.0 Å². The third-order valence-electron chi connectivity index (χ3n) is 8.33. The first-order chi connectivity index (χ1) is 19.1. The lowest BCUT2D eigenvalue weighted by Crippen LogP contribution is -2.61. The third kappa shape index (κ3) is 7.51. The lowest BCUT2D eigenvalue weighted by Gasteiger charge is -2.53. The van der Waals surface area contributed by atoms with E-state index < -0.39 is 24.7 Å². The summed E-state index contributed by atoms with van der Waals surface area (Å²) < 4.78 is 66.6. The van der Waals surface area contributed by atoms with Gasteiger partial charge in [0.15, 0.2) is 23.1 Å². The fourth-order valence-electron chi connectivity index (χ4n) is 5.87. The SMILES string of the molecule is CC(C)N1CC[C@@H](Oc2ccc(Nc3ncc(F)c(NC4CC(C)(C)N(C)C(C)(C)C4)n3)cc2OC(F)F)[C@H](F)C1. The van der Waals surface area contributed by atoms with Crippen LogP contribution in [0.4, 0.5) is 35.0 Å². The first-order valence-electron chi connectivity index (χ1n) is 14.1. The quantitative estimate of drug-likeness (QED) is 0.338. The van der Waals surface area contributed by atoms with E-state index in [1.807, 2.05) is 18.7 Å². The number of halogens is 4. The van der Waals surface area contributed by atoms with Crippen LogP contribution in [0.2, 0.25) is 0 Å². The molecule has 0 radical (unpaired) electrons. The molecule has 0 spiro atoms. The molecule has 0 amide bonds. The molecule has 2 saturated heterocycles. The van der Waals surface area contributed by atoms with E-state index in [4.69, 9.17) is 9.47 Å². The molecule has 12 heteroatoms. The molecule has 41 heavy (non-hydrogen) atoms. The summed E-state index contributed by atoms with van der Waals surface area (Å²) in [6.07, 6.45) is 0.978. The molecule has 228 valence electrons. The number of anilines is 3. The molecule has 2 atom stereocenters. The maximum absolute atomic E-state index is 14.8. The van der Waals surface area contributed by atoms with Crippen LogP contribution in [0.5, 0.6) is 11.5 Å². The molecule has 3 heterocycles. The molecule has 0 aliphatic carbocycles. The van der Waals surface area contributed by atoms with Gasteiger partial charge in [-0.05, 0) is 80.0 Å². The van der Waals surface area contributed by atoms with Crippen molar-refractivity contribution in [2.75, 3.05) is 30.8 Å². The highest BCUT2D eigenvalue weighted by atomic mass is 19.3. The summed E-state index contributed by atoms with van der Waals surface area (Å²) in [7, 11) is 2.09. The van der Waals surface area contributed by atoms with Gasteiger partial charge in [-0.3, -0.25) is 9.80 Å². The highest BCUT2D eigenvalue weighted by Crippen LogP contribution is 2.38. The first kappa shape index (κ1) is 31.1. The number of likely N-dealkylation sites (tertiary alicyclic amines) is 2. The molecular weight excluding hydrogens is 540 g/mol. The van der Waals surface area contributed by atoms with Gasteiger partial charge in [-0.1, -0.05) is 0 Å². The van der Waals surface area contributed by atoms with Crippen LogP contribution in [0.25, 0.3) is 0 Å². The van der Waals surface area contributed by atoms with Gasteiger partial charge in [0.2, 0.25) is 5.95 Å². The second-order valence-corrected chi connectivity index (χ2v) is 12.5. The number of hydrogen-bond acceptors (Lipinski definition) is 8. The molecule has 4 rings (SSSR count). The molecular formula is C29H42F4N6O2. The number of ether oxygens (including phenoxy) is 2. The van der Waals surface area contributed by atoms with Crippen molar-refractivity contribution in [2.45, 2.75) is 103 Å². The minimum atomic E-state index is -3.11. The van der Waals surface area contributed by atoms with Crippen LogP contribution < -0.4 is 20.1 Å². The fourth-order valence-corrected chi connectivity index (χ4v) is 5.87. The lowest BCUT2D eigenvalue weighted by molar-refractivity contribution is -0.0540. The zero-order valence-electron chi connectivity index (χ0n) is 24.8. The van der Waals surface area contributed by atoms with Crippen LogP contribution in [-0.2, 0) is 0 Å². The Balaban J connectivity index is 1.49. The van der Waals surface area contributed by atoms with Gasteiger partial charge in [0.25, 0.3) is 0 Å². The Morgan fingerprint density at radius 3 is 2.37 bits per heavy atom. The maximum Gasteiger partial charge on any atom is 0.387 e. The van der Waals surface area contributed by atoms with E-state index in [0.29, 0.717) is 18.7 Å². The molecule has 0 bridgehead atoms. The van der Waals surface area contributed by atoms with Crippen molar-refractivity contribution in [3.63, 3.8) is 0 Å². The van der Waals surface area contributed by atoms with E-state index in [9.17, 15) is 17.6 Å². The Kier molecular flexibility index (Phi) is 9.22. The summed E-state index contributed by atoms with van der Waals surface area (Å²) in [5.41, 5.74) is 0.101. The van der Waals surface area contributed by atoms with Crippen molar-refractivity contribution in [3.05, 3.63) is 30.2 Å². The van der Waals surface area contributed by atoms with Crippen molar-refractivity contribution in [1.29, 1.82) is 0 Å².